The number of hydrogen-bond acceptors (Lipinski definition) is 3. The van der Waals surface area contributed by atoms with Crippen molar-refractivity contribution < 1.29 is 1.43 Å². The van der Waals surface area contributed by atoms with Crippen molar-refractivity contribution >= 4 is 0 Å². The Morgan fingerprint density at radius 3 is 2.24 bits per heavy atom. The Balaban J connectivity index is 0.00000289. The van der Waals surface area contributed by atoms with Gasteiger partial charge in [-0.25, -0.2) is 0 Å². The van der Waals surface area contributed by atoms with Gasteiger partial charge >= 0.3 is 0 Å². The first-order valence-corrected chi connectivity index (χ1v) is 7.26. The second-order valence-electron chi connectivity index (χ2n) is 5.92. The van der Waals surface area contributed by atoms with Crippen molar-refractivity contribution in [2.45, 2.75) is 40.2 Å². The predicted molar refractivity (Wildman–Crippen MR) is 77.6 cm³/mol. The second kappa shape index (κ2) is 8.06. The smallest absolute Gasteiger partial charge is 0.0113 e. The monoisotopic (exact) mass is 243 g/mol. The Morgan fingerprint density at radius 2 is 1.71 bits per heavy atom. The fraction of sp³-hybridized carbons (Fsp3) is 1.00. The zero-order valence-electron chi connectivity index (χ0n) is 12.2. The molecule has 3 heteroatoms. The van der Waals surface area contributed by atoms with Gasteiger partial charge in [0.05, 0.1) is 0 Å². The Hall–Kier alpha value is -0.120. The molecule has 104 valence electrons. The number of piperazine rings is 1. The van der Waals surface area contributed by atoms with Crippen LogP contribution in [-0.2, 0) is 0 Å². The van der Waals surface area contributed by atoms with Crippen LogP contribution in [0.1, 0.15) is 35.5 Å². The summed E-state index contributed by atoms with van der Waals surface area (Å²) in [6, 6.07) is 0.713. The van der Waals surface area contributed by atoms with E-state index in [-0.39, 0.29) is 1.43 Å². The van der Waals surface area contributed by atoms with Gasteiger partial charge in [-0.3, -0.25) is 4.90 Å². The van der Waals surface area contributed by atoms with E-state index in [1.165, 1.54) is 45.7 Å². The number of hydrogen-bond donors (Lipinski definition) is 1. The summed E-state index contributed by atoms with van der Waals surface area (Å²) >= 11 is 0. The van der Waals surface area contributed by atoms with Gasteiger partial charge in [-0.15, -0.1) is 0 Å². The molecule has 3 nitrogen and oxygen atoms in total. The molecule has 1 heterocycles. The van der Waals surface area contributed by atoms with Gasteiger partial charge in [0, 0.05) is 33.6 Å². The minimum absolute atomic E-state index is 0. The van der Waals surface area contributed by atoms with Crippen molar-refractivity contribution in [3.8, 4) is 0 Å². The minimum Gasteiger partial charge on any atom is -0.316 e. The summed E-state index contributed by atoms with van der Waals surface area (Å²) in [6.45, 7) is 17.7. The first kappa shape index (κ1) is 14.9. The van der Waals surface area contributed by atoms with Crippen LogP contribution in [-0.4, -0.2) is 61.7 Å². The molecule has 1 saturated heterocycles. The Bertz CT molecular complexity index is 189. The highest BCUT2D eigenvalue weighted by molar-refractivity contribution is 4.74. The van der Waals surface area contributed by atoms with Gasteiger partial charge in [0.15, 0.2) is 0 Å². The Morgan fingerprint density at radius 1 is 1.06 bits per heavy atom. The maximum Gasteiger partial charge on any atom is 0.0113 e. The average Bonchev–Trinajstić information content (AvgIpc) is 2.29. The van der Waals surface area contributed by atoms with Gasteiger partial charge in [0.1, 0.15) is 0 Å². The summed E-state index contributed by atoms with van der Waals surface area (Å²) in [5, 5.41) is 3.51. The van der Waals surface area contributed by atoms with Crippen molar-refractivity contribution in [3.05, 3.63) is 0 Å². The first-order chi connectivity index (χ1) is 8.09. The highest BCUT2D eigenvalue weighted by atomic mass is 15.3. The molecule has 1 fully saturated rings. The zero-order chi connectivity index (χ0) is 12.7. The van der Waals surface area contributed by atoms with Crippen LogP contribution in [0.5, 0.6) is 0 Å². The van der Waals surface area contributed by atoms with E-state index in [0.717, 1.165) is 12.5 Å². The maximum absolute atomic E-state index is 3.51. The van der Waals surface area contributed by atoms with Gasteiger partial charge in [-0.05, 0) is 45.8 Å². The molecule has 1 N–H and O–H groups in total. The molecule has 0 amide bonds. The van der Waals surface area contributed by atoms with Crippen LogP contribution in [0, 0.1) is 5.92 Å². The van der Waals surface area contributed by atoms with Crippen molar-refractivity contribution in [2.75, 3.05) is 45.8 Å². The van der Waals surface area contributed by atoms with E-state index in [0.29, 0.717) is 6.04 Å². The predicted octanol–water partition coefficient (Wildman–Crippen LogP) is 1.89. The normalized spacial score (nSPS) is 19.4. The first-order valence-electron chi connectivity index (χ1n) is 7.26. The maximum atomic E-state index is 3.51. The molecule has 0 saturated carbocycles. The van der Waals surface area contributed by atoms with Crippen molar-refractivity contribution in [1.82, 2.24) is 15.1 Å². The van der Waals surface area contributed by atoms with E-state index in [2.05, 4.69) is 42.8 Å². The van der Waals surface area contributed by atoms with Crippen LogP contribution in [0.3, 0.4) is 0 Å². The van der Waals surface area contributed by atoms with Crippen LogP contribution in [0.25, 0.3) is 0 Å². The van der Waals surface area contributed by atoms with Crippen LogP contribution in [0.4, 0.5) is 0 Å². The molecule has 0 bridgehead atoms. The van der Waals surface area contributed by atoms with Crippen LogP contribution in [0.15, 0.2) is 0 Å². The van der Waals surface area contributed by atoms with Crippen molar-refractivity contribution in [1.29, 1.82) is 0 Å². The molecular weight excluding hydrogens is 210 g/mol. The topological polar surface area (TPSA) is 18.5 Å². The largest absolute Gasteiger partial charge is 0.316 e. The summed E-state index contributed by atoms with van der Waals surface area (Å²) in [5.74, 6) is 0.768. The third-order valence-corrected chi connectivity index (χ3v) is 3.52. The average molecular weight is 243 g/mol. The molecule has 0 aromatic rings. The van der Waals surface area contributed by atoms with Crippen LogP contribution in [0.2, 0.25) is 0 Å². The number of rotatable bonds is 7. The molecule has 0 spiro atoms. The lowest BCUT2D eigenvalue weighted by Gasteiger charge is -2.36. The Kier molecular flexibility index (Phi) is 7.09. The standard InChI is InChI=1S/C14H31N3.H2/c1-13(2)12-15-6-5-7-16-8-10-17(11-9-16)14(3)4;/h13-15H,5-12H2,1-4H3;1H. The summed E-state index contributed by atoms with van der Waals surface area (Å²) in [5.41, 5.74) is 0. The molecule has 1 aliphatic rings. The molecule has 1 rings (SSSR count). The van der Waals surface area contributed by atoms with E-state index in [9.17, 15) is 0 Å². The number of nitrogens with zero attached hydrogens (tertiary/aromatic N) is 2. The van der Waals surface area contributed by atoms with E-state index in [4.69, 9.17) is 0 Å². The van der Waals surface area contributed by atoms with Crippen molar-refractivity contribution in [2.24, 2.45) is 5.92 Å². The summed E-state index contributed by atoms with van der Waals surface area (Å²) in [7, 11) is 0. The van der Waals surface area contributed by atoms with E-state index >= 15 is 0 Å². The highest BCUT2D eigenvalue weighted by Gasteiger charge is 2.17. The lowest BCUT2D eigenvalue weighted by atomic mass is 10.2. The number of nitrogens with one attached hydrogen (secondary N) is 1. The molecule has 0 aromatic heterocycles. The van der Waals surface area contributed by atoms with Crippen LogP contribution < -0.4 is 5.32 Å². The highest BCUT2D eigenvalue weighted by Crippen LogP contribution is 2.05. The third-order valence-electron chi connectivity index (χ3n) is 3.52. The molecule has 0 aliphatic carbocycles. The fourth-order valence-corrected chi connectivity index (χ4v) is 2.32. The zero-order valence-corrected chi connectivity index (χ0v) is 12.2. The summed E-state index contributed by atoms with van der Waals surface area (Å²) < 4.78 is 0. The molecule has 0 radical (unpaired) electrons. The van der Waals surface area contributed by atoms with Gasteiger partial charge in [-0.2, -0.15) is 0 Å². The molecule has 17 heavy (non-hydrogen) atoms. The molecular formula is C14H33N3. The van der Waals surface area contributed by atoms with Gasteiger partial charge in [0.25, 0.3) is 0 Å². The molecule has 0 aromatic carbocycles. The van der Waals surface area contributed by atoms with Gasteiger partial charge in [-0.1, -0.05) is 13.8 Å². The van der Waals surface area contributed by atoms with Crippen molar-refractivity contribution in [3.63, 3.8) is 0 Å². The van der Waals surface area contributed by atoms with E-state index in [1.54, 1.807) is 0 Å². The van der Waals surface area contributed by atoms with Gasteiger partial charge < -0.3 is 10.2 Å². The molecule has 1 aliphatic heterocycles. The lowest BCUT2D eigenvalue weighted by Crippen LogP contribution is -2.49. The van der Waals surface area contributed by atoms with E-state index in [1.807, 2.05) is 0 Å². The quantitative estimate of drug-likeness (QED) is 0.689. The molecule has 0 atom stereocenters. The molecule has 0 unspecified atom stereocenters. The second-order valence-corrected chi connectivity index (χ2v) is 5.92. The third kappa shape index (κ3) is 6.39. The van der Waals surface area contributed by atoms with Crippen LogP contribution >= 0.6 is 0 Å². The fourth-order valence-electron chi connectivity index (χ4n) is 2.32. The van der Waals surface area contributed by atoms with E-state index < -0.39 is 0 Å². The SMILES string of the molecule is CC(C)CNCCCN1CCN(C(C)C)CC1.[HH]. The Labute approximate surface area is 109 Å². The summed E-state index contributed by atoms with van der Waals surface area (Å²) in [6.07, 6.45) is 1.29. The summed E-state index contributed by atoms with van der Waals surface area (Å²) in [4.78, 5) is 5.18. The van der Waals surface area contributed by atoms with Gasteiger partial charge in [0.2, 0.25) is 0 Å². The lowest BCUT2D eigenvalue weighted by molar-refractivity contribution is 0.108. The minimum atomic E-state index is 0.